The van der Waals surface area contributed by atoms with Crippen LogP contribution in [-0.2, 0) is 7.05 Å². The van der Waals surface area contributed by atoms with E-state index in [9.17, 15) is 4.39 Å². The highest BCUT2D eigenvalue weighted by Crippen LogP contribution is 2.27. The van der Waals surface area contributed by atoms with Gasteiger partial charge in [-0.25, -0.2) is 4.39 Å². The molecule has 0 bridgehead atoms. The Hall–Kier alpha value is -2.16. The first kappa shape index (κ1) is 15.2. The second-order valence-corrected chi connectivity index (χ2v) is 5.27. The van der Waals surface area contributed by atoms with Gasteiger partial charge in [-0.15, -0.1) is 0 Å². The van der Waals surface area contributed by atoms with Gasteiger partial charge in [-0.1, -0.05) is 50.1 Å². The molecule has 0 spiro atoms. The minimum absolute atomic E-state index is 0.231. The SMILES string of the molecule is CCC.Cc1ccc(-c2cc3cn(C)nc3cc2F)cc1. The summed E-state index contributed by atoms with van der Waals surface area (Å²) >= 11 is 0. The zero-order valence-electron chi connectivity index (χ0n) is 13.0. The number of nitrogens with zero attached hydrogens (tertiary/aromatic N) is 2. The van der Waals surface area contributed by atoms with E-state index in [1.807, 2.05) is 50.5 Å². The molecule has 110 valence electrons. The first-order chi connectivity index (χ1) is 10.0. The number of hydrogen-bond donors (Lipinski definition) is 0. The Morgan fingerprint density at radius 3 is 2.33 bits per heavy atom. The molecule has 2 nitrogen and oxygen atoms in total. The second-order valence-electron chi connectivity index (χ2n) is 5.27. The lowest BCUT2D eigenvalue weighted by atomic mass is 10.0. The Bertz CT molecular complexity index is 727. The number of aromatic nitrogens is 2. The van der Waals surface area contributed by atoms with E-state index >= 15 is 0 Å². The van der Waals surface area contributed by atoms with Crippen LogP contribution in [0.1, 0.15) is 25.8 Å². The average Bonchev–Trinajstić information content (AvgIpc) is 2.79. The predicted octanol–water partition coefficient (Wildman–Crippen LogP) is 5.10. The molecular formula is C18H21FN2. The molecule has 0 saturated heterocycles. The lowest BCUT2D eigenvalue weighted by Crippen LogP contribution is -1.86. The normalized spacial score (nSPS) is 10.3. The molecule has 0 unspecified atom stereocenters. The molecule has 0 N–H and O–H groups in total. The molecule has 0 aliphatic carbocycles. The van der Waals surface area contributed by atoms with Gasteiger partial charge in [-0.2, -0.15) is 5.10 Å². The van der Waals surface area contributed by atoms with Gasteiger partial charge in [0.1, 0.15) is 5.82 Å². The Kier molecular flexibility index (Phi) is 4.73. The highest BCUT2D eigenvalue weighted by Gasteiger charge is 2.09. The van der Waals surface area contributed by atoms with Crippen LogP contribution in [0.15, 0.2) is 42.6 Å². The third-order valence-electron chi connectivity index (χ3n) is 3.07. The molecule has 3 rings (SSSR count). The van der Waals surface area contributed by atoms with Crippen molar-refractivity contribution in [2.45, 2.75) is 27.2 Å². The Morgan fingerprint density at radius 1 is 1.10 bits per heavy atom. The molecule has 21 heavy (non-hydrogen) atoms. The van der Waals surface area contributed by atoms with E-state index in [2.05, 4.69) is 18.9 Å². The molecular weight excluding hydrogens is 263 g/mol. The first-order valence-corrected chi connectivity index (χ1v) is 7.25. The summed E-state index contributed by atoms with van der Waals surface area (Å²) in [6.07, 6.45) is 3.15. The van der Waals surface area contributed by atoms with Gasteiger partial charge in [0.05, 0.1) is 5.52 Å². The van der Waals surface area contributed by atoms with Crippen LogP contribution in [0.5, 0.6) is 0 Å². The molecule has 0 fully saturated rings. The third kappa shape index (κ3) is 3.48. The number of hydrogen-bond acceptors (Lipinski definition) is 1. The average molecular weight is 284 g/mol. The Morgan fingerprint density at radius 2 is 1.71 bits per heavy atom. The van der Waals surface area contributed by atoms with Crippen LogP contribution in [0.3, 0.4) is 0 Å². The van der Waals surface area contributed by atoms with Crippen molar-refractivity contribution in [2.75, 3.05) is 0 Å². The van der Waals surface area contributed by atoms with Gasteiger partial charge >= 0.3 is 0 Å². The fraction of sp³-hybridized carbons (Fsp3) is 0.278. The van der Waals surface area contributed by atoms with Crippen molar-refractivity contribution in [2.24, 2.45) is 7.05 Å². The fourth-order valence-electron chi connectivity index (χ4n) is 2.12. The predicted molar refractivity (Wildman–Crippen MR) is 86.8 cm³/mol. The maximum Gasteiger partial charge on any atom is 0.133 e. The summed E-state index contributed by atoms with van der Waals surface area (Å²) in [5.74, 6) is -0.231. The zero-order chi connectivity index (χ0) is 15.4. The zero-order valence-corrected chi connectivity index (χ0v) is 13.0. The lowest BCUT2D eigenvalue weighted by molar-refractivity contribution is 0.632. The van der Waals surface area contributed by atoms with Gasteiger partial charge in [0, 0.05) is 30.3 Å². The number of rotatable bonds is 1. The number of aryl methyl sites for hydroxylation is 2. The maximum atomic E-state index is 14.1. The number of halogens is 1. The van der Waals surface area contributed by atoms with Crippen LogP contribution < -0.4 is 0 Å². The highest BCUT2D eigenvalue weighted by molar-refractivity contribution is 5.84. The summed E-state index contributed by atoms with van der Waals surface area (Å²) in [5.41, 5.74) is 3.37. The van der Waals surface area contributed by atoms with Crippen LogP contribution in [0, 0.1) is 12.7 Å². The van der Waals surface area contributed by atoms with Crippen molar-refractivity contribution < 1.29 is 4.39 Å². The van der Waals surface area contributed by atoms with Crippen molar-refractivity contribution in [3.8, 4) is 11.1 Å². The van der Waals surface area contributed by atoms with Crippen LogP contribution in [0.2, 0.25) is 0 Å². The van der Waals surface area contributed by atoms with E-state index in [-0.39, 0.29) is 5.82 Å². The fourth-order valence-corrected chi connectivity index (χ4v) is 2.12. The molecule has 2 aromatic carbocycles. The molecule has 0 aliphatic rings. The van der Waals surface area contributed by atoms with E-state index < -0.39 is 0 Å². The van der Waals surface area contributed by atoms with Crippen LogP contribution in [-0.4, -0.2) is 9.78 Å². The van der Waals surface area contributed by atoms with Crippen LogP contribution in [0.4, 0.5) is 4.39 Å². The van der Waals surface area contributed by atoms with Crippen molar-refractivity contribution in [3.05, 3.63) is 54.0 Å². The maximum absolute atomic E-state index is 14.1. The molecule has 1 aromatic heterocycles. The van der Waals surface area contributed by atoms with Gasteiger partial charge in [-0.05, 0) is 18.6 Å². The van der Waals surface area contributed by atoms with E-state index in [4.69, 9.17) is 0 Å². The molecule has 3 heteroatoms. The van der Waals surface area contributed by atoms with Gasteiger partial charge in [0.25, 0.3) is 0 Å². The summed E-state index contributed by atoms with van der Waals surface area (Å²) < 4.78 is 15.8. The van der Waals surface area contributed by atoms with Crippen molar-refractivity contribution >= 4 is 10.9 Å². The van der Waals surface area contributed by atoms with Gasteiger partial charge in [-0.3, -0.25) is 4.68 Å². The molecule has 0 aliphatic heterocycles. The summed E-state index contributed by atoms with van der Waals surface area (Å²) in [6, 6.07) is 11.2. The minimum Gasteiger partial charge on any atom is -0.275 e. The quantitative estimate of drug-likeness (QED) is 0.607. The molecule has 0 amide bonds. The Labute approximate surface area is 125 Å². The standard InChI is InChI=1S/C15H13FN2.C3H8/c1-10-3-5-11(6-4-10)13-7-12-9-18(2)17-15(12)8-14(13)16;1-3-2/h3-9H,1-2H3;3H2,1-2H3. The monoisotopic (exact) mass is 284 g/mol. The van der Waals surface area contributed by atoms with Crippen LogP contribution in [0.25, 0.3) is 22.0 Å². The van der Waals surface area contributed by atoms with Gasteiger partial charge < -0.3 is 0 Å². The van der Waals surface area contributed by atoms with E-state index in [0.29, 0.717) is 11.1 Å². The summed E-state index contributed by atoms with van der Waals surface area (Å²) in [4.78, 5) is 0. The van der Waals surface area contributed by atoms with Crippen LogP contribution >= 0.6 is 0 Å². The van der Waals surface area contributed by atoms with E-state index in [1.165, 1.54) is 18.1 Å². The lowest BCUT2D eigenvalue weighted by Gasteiger charge is -2.04. The van der Waals surface area contributed by atoms with E-state index in [1.54, 1.807) is 4.68 Å². The van der Waals surface area contributed by atoms with Crippen molar-refractivity contribution in [1.82, 2.24) is 9.78 Å². The van der Waals surface area contributed by atoms with Crippen molar-refractivity contribution in [3.63, 3.8) is 0 Å². The topological polar surface area (TPSA) is 17.8 Å². The molecule has 0 atom stereocenters. The largest absolute Gasteiger partial charge is 0.275 e. The summed E-state index contributed by atoms with van der Waals surface area (Å²) in [5, 5.41) is 5.15. The second kappa shape index (κ2) is 6.53. The molecule has 0 radical (unpaired) electrons. The minimum atomic E-state index is -0.231. The molecule has 3 aromatic rings. The van der Waals surface area contributed by atoms with Gasteiger partial charge in [0.2, 0.25) is 0 Å². The van der Waals surface area contributed by atoms with Gasteiger partial charge in [0.15, 0.2) is 0 Å². The number of fused-ring (bicyclic) bond motifs is 1. The van der Waals surface area contributed by atoms with Crippen molar-refractivity contribution in [1.29, 1.82) is 0 Å². The number of benzene rings is 2. The Balaban J connectivity index is 0.000000497. The summed E-state index contributed by atoms with van der Waals surface area (Å²) in [6.45, 7) is 6.27. The molecule has 0 saturated carbocycles. The first-order valence-electron chi connectivity index (χ1n) is 7.25. The smallest absolute Gasteiger partial charge is 0.133 e. The summed E-state index contributed by atoms with van der Waals surface area (Å²) in [7, 11) is 1.84. The van der Waals surface area contributed by atoms with E-state index in [0.717, 1.165) is 10.9 Å². The molecule has 1 heterocycles. The highest BCUT2D eigenvalue weighted by atomic mass is 19.1. The third-order valence-corrected chi connectivity index (χ3v) is 3.07.